The molecule has 1 aromatic heterocycles. The molecule has 1 unspecified atom stereocenters. The van der Waals surface area contributed by atoms with Crippen LogP contribution in [0.4, 0.5) is 0 Å². The number of benzene rings is 3. The molecule has 144 valence electrons. The van der Waals surface area contributed by atoms with E-state index >= 15 is 0 Å². The molecule has 3 aromatic carbocycles. The molecular weight excluding hydrogens is 352 g/mol. The zero-order valence-electron chi connectivity index (χ0n) is 16.8. The summed E-state index contributed by atoms with van der Waals surface area (Å²) in [5, 5.41) is 0. The van der Waals surface area contributed by atoms with E-state index in [1.54, 1.807) is 0 Å². The first kappa shape index (κ1) is 18.9. The highest BCUT2D eigenvalue weighted by molar-refractivity contribution is 5.45. The van der Waals surface area contributed by atoms with Gasteiger partial charge in [0.15, 0.2) is 0 Å². The van der Waals surface area contributed by atoms with Crippen molar-refractivity contribution in [2.24, 2.45) is 0 Å². The van der Waals surface area contributed by atoms with E-state index in [1.165, 1.54) is 22.3 Å². The summed E-state index contributed by atoms with van der Waals surface area (Å²) in [7, 11) is 0. The third kappa shape index (κ3) is 4.91. The second kappa shape index (κ2) is 9.20. The number of hydrogen-bond donors (Lipinski definition) is 0. The molecule has 2 nitrogen and oxygen atoms in total. The molecule has 4 aromatic rings. The molecule has 0 fully saturated rings. The lowest BCUT2D eigenvalue weighted by molar-refractivity contribution is 0.787. The van der Waals surface area contributed by atoms with Crippen LogP contribution in [0.1, 0.15) is 40.3 Å². The molecule has 0 spiro atoms. The van der Waals surface area contributed by atoms with Crippen molar-refractivity contribution in [2.75, 3.05) is 0 Å². The fourth-order valence-electron chi connectivity index (χ4n) is 3.66. The van der Waals surface area contributed by atoms with Crippen molar-refractivity contribution in [2.45, 2.75) is 25.8 Å². The number of aryl methyl sites for hydroxylation is 1. The molecule has 0 saturated heterocycles. The van der Waals surface area contributed by atoms with E-state index in [0.717, 1.165) is 18.7 Å². The second-order valence-electron chi connectivity index (χ2n) is 7.44. The van der Waals surface area contributed by atoms with Crippen LogP contribution in [0, 0.1) is 6.92 Å². The van der Waals surface area contributed by atoms with Crippen molar-refractivity contribution in [3.8, 4) is 0 Å². The van der Waals surface area contributed by atoms with Crippen LogP contribution in [0.3, 0.4) is 0 Å². The molecule has 1 atom stereocenters. The van der Waals surface area contributed by atoms with Gasteiger partial charge in [0.05, 0.1) is 18.2 Å². The average Bonchev–Trinajstić information content (AvgIpc) is 3.20. The molecule has 0 aliphatic carbocycles. The highest BCUT2D eigenvalue weighted by Crippen LogP contribution is 2.29. The van der Waals surface area contributed by atoms with Gasteiger partial charge in [-0.05, 0) is 36.1 Å². The maximum atomic E-state index is 4.35. The Kier molecular flexibility index (Phi) is 6.01. The normalized spacial score (nSPS) is 12.3. The Labute approximate surface area is 173 Å². The van der Waals surface area contributed by atoms with E-state index in [-0.39, 0.29) is 0 Å². The van der Waals surface area contributed by atoms with E-state index in [1.807, 2.05) is 18.6 Å². The van der Waals surface area contributed by atoms with Gasteiger partial charge in [-0.25, -0.2) is 4.98 Å². The highest BCUT2D eigenvalue weighted by atomic mass is 15.0. The predicted molar refractivity (Wildman–Crippen MR) is 121 cm³/mol. The monoisotopic (exact) mass is 378 g/mol. The average molecular weight is 379 g/mol. The third-order valence-corrected chi connectivity index (χ3v) is 5.28. The fraction of sp³-hybridized carbons (Fsp3) is 0.148. The Hall–Kier alpha value is -3.39. The molecule has 0 saturated carbocycles. The maximum Gasteiger partial charge on any atom is 0.0953 e. The van der Waals surface area contributed by atoms with E-state index < -0.39 is 0 Å². The summed E-state index contributed by atoms with van der Waals surface area (Å²) in [5.74, 6) is 0.346. The molecule has 2 heteroatoms. The topological polar surface area (TPSA) is 17.8 Å². The standard InChI is InChI=1S/C27H26N2/c1-22-15-17-25(18-16-22)27(24-11-6-3-7-12-24)14-8-13-26-19-28-21-29(26)20-23-9-4-2-5-10-23/h2-13,15-19,21,27H,14,20H2,1H3. The zero-order valence-corrected chi connectivity index (χ0v) is 16.8. The SMILES string of the molecule is Cc1ccc(C(CC=Cc2cncn2Cc2ccccc2)c2ccccc2)cc1. The summed E-state index contributed by atoms with van der Waals surface area (Å²) < 4.78 is 2.19. The first-order chi connectivity index (χ1) is 14.3. The van der Waals surface area contributed by atoms with Gasteiger partial charge in [0.25, 0.3) is 0 Å². The molecule has 4 rings (SSSR count). The van der Waals surface area contributed by atoms with Gasteiger partial charge in [-0.2, -0.15) is 0 Å². The Balaban J connectivity index is 1.53. The zero-order chi connectivity index (χ0) is 19.9. The minimum atomic E-state index is 0.346. The Morgan fingerprint density at radius 3 is 2.21 bits per heavy atom. The summed E-state index contributed by atoms with van der Waals surface area (Å²) in [4.78, 5) is 4.35. The second-order valence-corrected chi connectivity index (χ2v) is 7.44. The van der Waals surface area contributed by atoms with Gasteiger partial charge in [-0.3, -0.25) is 0 Å². The highest BCUT2D eigenvalue weighted by Gasteiger charge is 2.12. The molecule has 0 amide bonds. The lowest BCUT2D eigenvalue weighted by Crippen LogP contribution is -2.01. The lowest BCUT2D eigenvalue weighted by atomic mass is 9.88. The summed E-state index contributed by atoms with van der Waals surface area (Å²) in [6.07, 6.45) is 9.25. The fourth-order valence-corrected chi connectivity index (χ4v) is 3.66. The molecule has 0 radical (unpaired) electrons. The van der Waals surface area contributed by atoms with Crippen LogP contribution < -0.4 is 0 Å². The molecule has 1 heterocycles. The van der Waals surface area contributed by atoms with Crippen molar-refractivity contribution < 1.29 is 0 Å². The van der Waals surface area contributed by atoms with Gasteiger partial charge in [-0.1, -0.05) is 96.6 Å². The van der Waals surface area contributed by atoms with Crippen LogP contribution in [-0.2, 0) is 6.54 Å². The molecule has 0 aliphatic heterocycles. The summed E-state index contributed by atoms with van der Waals surface area (Å²) in [6, 6.07) is 30.2. The van der Waals surface area contributed by atoms with E-state index in [9.17, 15) is 0 Å². The van der Waals surface area contributed by atoms with Crippen molar-refractivity contribution in [1.29, 1.82) is 0 Å². The summed E-state index contributed by atoms with van der Waals surface area (Å²) >= 11 is 0. The van der Waals surface area contributed by atoms with E-state index in [2.05, 4.69) is 107 Å². The number of allylic oxidation sites excluding steroid dienone is 1. The molecule has 0 bridgehead atoms. The Morgan fingerprint density at radius 2 is 1.48 bits per heavy atom. The van der Waals surface area contributed by atoms with Crippen LogP contribution in [-0.4, -0.2) is 9.55 Å². The number of nitrogens with zero attached hydrogens (tertiary/aromatic N) is 2. The predicted octanol–water partition coefficient (Wildman–Crippen LogP) is 6.48. The number of aromatic nitrogens is 2. The molecule has 29 heavy (non-hydrogen) atoms. The van der Waals surface area contributed by atoms with Crippen LogP contribution in [0.5, 0.6) is 0 Å². The molecular formula is C27H26N2. The van der Waals surface area contributed by atoms with Gasteiger partial charge in [0, 0.05) is 12.5 Å². The van der Waals surface area contributed by atoms with Crippen molar-refractivity contribution >= 4 is 6.08 Å². The Bertz CT molecular complexity index is 1040. The minimum absolute atomic E-state index is 0.346. The quantitative estimate of drug-likeness (QED) is 0.360. The Morgan fingerprint density at radius 1 is 0.828 bits per heavy atom. The third-order valence-electron chi connectivity index (χ3n) is 5.28. The van der Waals surface area contributed by atoms with E-state index in [0.29, 0.717) is 5.92 Å². The van der Waals surface area contributed by atoms with Crippen LogP contribution >= 0.6 is 0 Å². The summed E-state index contributed by atoms with van der Waals surface area (Å²) in [5.41, 5.74) is 6.40. The van der Waals surface area contributed by atoms with Gasteiger partial charge in [0.1, 0.15) is 0 Å². The number of hydrogen-bond acceptors (Lipinski definition) is 1. The maximum absolute atomic E-state index is 4.35. The van der Waals surface area contributed by atoms with Crippen LogP contribution in [0.15, 0.2) is 104 Å². The van der Waals surface area contributed by atoms with Gasteiger partial charge in [-0.15, -0.1) is 0 Å². The lowest BCUT2D eigenvalue weighted by Gasteiger charge is -2.16. The molecule has 0 N–H and O–H groups in total. The van der Waals surface area contributed by atoms with Crippen molar-refractivity contribution in [3.05, 3.63) is 131 Å². The first-order valence-electron chi connectivity index (χ1n) is 10.1. The molecule has 0 aliphatic rings. The number of imidazole rings is 1. The number of rotatable bonds is 7. The van der Waals surface area contributed by atoms with E-state index in [4.69, 9.17) is 0 Å². The minimum Gasteiger partial charge on any atom is -0.327 e. The van der Waals surface area contributed by atoms with Gasteiger partial charge >= 0.3 is 0 Å². The van der Waals surface area contributed by atoms with Gasteiger partial charge in [0.2, 0.25) is 0 Å². The van der Waals surface area contributed by atoms with Crippen LogP contribution in [0.25, 0.3) is 6.08 Å². The first-order valence-corrected chi connectivity index (χ1v) is 10.1. The summed E-state index contributed by atoms with van der Waals surface area (Å²) in [6.45, 7) is 2.97. The van der Waals surface area contributed by atoms with Crippen LogP contribution in [0.2, 0.25) is 0 Å². The largest absolute Gasteiger partial charge is 0.327 e. The van der Waals surface area contributed by atoms with Crippen molar-refractivity contribution in [3.63, 3.8) is 0 Å². The van der Waals surface area contributed by atoms with Gasteiger partial charge < -0.3 is 4.57 Å². The smallest absolute Gasteiger partial charge is 0.0953 e. The van der Waals surface area contributed by atoms with Crippen molar-refractivity contribution in [1.82, 2.24) is 9.55 Å².